The SMILES string of the molecule is CC1CCC(C)C(NCCc2ccc3c(c2)OCCO3)C1. The van der Waals surface area contributed by atoms with Crippen molar-refractivity contribution in [3.63, 3.8) is 0 Å². The van der Waals surface area contributed by atoms with E-state index in [1.807, 2.05) is 6.07 Å². The molecular weight excluding hydrogens is 262 g/mol. The van der Waals surface area contributed by atoms with Crippen LogP contribution in [0.1, 0.15) is 38.7 Å². The van der Waals surface area contributed by atoms with Gasteiger partial charge >= 0.3 is 0 Å². The molecule has 3 unspecified atom stereocenters. The molecule has 1 aliphatic carbocycles. The van der Waals surface area contributed by atoms with Crippen molar-refractivity contribution in [1.29, 1.82) is 0 Å². The lowest BCUT2D eigenvalue weighted by molar-refractivity contribution is 0.171. The third-order valence-electron chi connectivity index (χ3n) is 4.88. The number of hydrogen-bond donors (Lipinski definition) is 1. The van der Waals surface area contributed by atoms with Crippen LogP contribution < -0.4 is 14.8 Å². The quantitative estimate of drug-likeness (QED) is 0.921. The van der Waals surface area contributed by atoms with Crippen molar-refractivity contribution in [1.82, 2.24) is 5.32 Å². The van der Waals surface area contributed by atoms with Crippen molar-refractivity contribution >= 4 is 0 Å². The number of rotatable bonds is 4. The van der Waals surface area contributed by atoms with Gasteiger partial charge < -0.3 is 14.8 Å². The Labute approximate surface area is 128 Å². The fraction of sp³-hybridized carbons (Fsp3) is 0.667. The molecule has 1 saturated carbocycles. The molecular formula is C18H27NO2. The molecule has 1 aromatic carbocycles. The van der Waals surface area contributed by atoms with Crippen LogP contribution in [-0.4, -0.2) is 25.8 Å². The van der Waals surface area contributed by atoms with E-state index >= 15 is 0 Å². The second-order valence-corrected chi connectivity index (χ2v) is 6.68. The normalized spacial score (nSPS) is 28.4. The Morgan fingerprint density at radius 1 is 1.10 bits per heavy atom. The highest BCUT2D eigenvalue weighted by Crippen LogP contribution is 2.31. The maximum absolute atomic E-state index is 5.65. The summed E-state index contributed by atoms with van der Waals surface area (Å²) in [5.74, 6) is 3.46. The topological polar surface area (TPSA) is 30.5 Å². The van der Waals surface area contributed by atoms with Crippen molar-refractivity contribution in [3.8, 4) is 11.5 Å². The highest BCUT2D eigenvalue weighted by molar-refractivity contribution is 5.43. The number of nitrogens with one attached hydrogen (secondary N) is 1. The van der Waals surface area contributed by atoms with Crippen LogP contribution in [0.5, 0.6) is 11.5 Å². The number of hydrogen-bond acceptors (Lipinski definition) is 3. The number of fused-ring (bicyclic) bond motifs is 1. The van der Waals surface area contributed by atoms with Crippen LogP contribution in [-0.2, 0) is 6.42 Å². The van der Waals surface area contributed by atoms with E-state index in [0.717, 1.165) is 36.3 Å². The molecule has 3 rings (SSSR count). The van der Waals surface area contributed by atoms with Crippen LogP contribution >= 0.6 is 0 Å². The molecule has 0 spiro atoms. The van der Waals surface area contributed by atoms with Gasteiger partial charge in [0, 0.05) is 6.04 Å². The Balaban J connectivity index is 1.51. The van der Waals surface area contributed by atoms with Gasteiger partial charge in [0.05, 0.1) is 0 Å². The molecule has 0 aromatic heterocycles. The van der Waals surface area contributed by atoms with Gasteiger partial charge in [-0.2, -0.15) is 0 Å². The van der Waals surface area contributed by atoms with Crippen LogP contribution in [0, 0.1) is 11.8 Å². The van der Waals surface area contributed by atoms with Crippen LogP contribution in [0.25, 0.3) is 0 Å². The molecule has 0 bridgehead atoms. The third kappa shape index (κ3) is 3.70. The maximum Gasteiger partial charge on any atom is 0.161 e. The van der Waals surface area contributed by atoms with Gasteiger partial charge in [-0.1, -0.05) is 26.3 Å². The minimum absolute atomic E-state index is 0.658. The first-order chi connectivity index (χ1) is 10.2. The molecule has 1 aromatic rings. The minimum atomic E-state index is 0.658. The molecule has 21 heavy (non-hydrogen) atoms. The summed E-state index contributed by atoms with van der Waals surface area (Å²) >= 11 is 0. The van der Waals surface area contributed by atoms with Crippen molar-refractivity contribution in [3.05, 3.63) is 23.8 Å². The van der Waals surface area contributed by atoms with Crippen molar-refractivity contribution in [2.75, 3.05) is 19.8 Å². The smallest absolute Gasteiger partial charge is 0.161 e. The van der Waals surface area contributed by atoms with Crippen LogP contribution in [0.2, 0.25) is 0 Å². The van der Waals surface area contributed by atoms with Crippen LogP contribution in [0.4, 0.5) is 0 Å². The van der Waals surface area contributed by atoms with Gasteiger partial charge in [0.25, 0.3) is 0 Å². The maximum atomic E-state index is 5.65. The predicted octanol–water partition coefficient (Wildman–Crippen LogP) is 3.41. The standard InChI is InChI=1S/C18H27NO2/c1-13-3-4-14(2)16(11-13)19-8-7-15-5-6-17-18(12-15)21-10-9-20-17/h5-6,12-14,16,19H,3-4,7-11H2,1-2H3. The highest BCUT2D eigenvalue weighted by atomic mass is 16.6. The Morgan fingerprint density at radius 2 is 1.90 bits per heavy atom. The van der Waals surface area contributed by atoms with Crippen molar-refractivity contribution in [2.24, 2.45) is 11.8 Å². The summed E-state index contributed by atoms with van der Waals surface area (Å²) in [4.78, 5) is 0. The van der Waals surface area contributed by atoms with Crippen LogP contribution in [0.15, 0.2) is 18.2 Å². The average Bonchev–Trinajstić information content (AvgIpc) is 2.50. The highest BCUT2D eigenvalue weighted by Gasteiger charge is 2.24. The van der Waals surface area contributed by atoms with E-state index in [9.17, 15) is 0 Å². The minimum Gasteiger partial charge on any atom is -0.486 e. The van der Waals surface area contributed by atoms with Gasteiger partial charge in [-0.15, -0.1) is 0 Å². The largest absolute Gasteiger partial charge is 0.486 e. The van der Waals surface area contributed by atoms with Gasteiger partial charge in [0.15, 0.2) is 11.5 Å². The first kappa shape index (κ1) is 14.7. The van der Waals surface area contributed by atoms with Gasteiger partial charge in [0.1, 0.15) is 13.2 Å². The monoisotopic (exact) mass is 289 g/mol. The lowest BCUT2D eigenvalue weighted by Gasteiger charge is -2.33. The molecule has 0 radical (unpaired) electrons. The second-order valence-electron chi connectivity index (χ2n) is 6.68. The molecule has 1 fully saturated rings. The lowest BCUT2D eigenvalue weighted by atomic mass is 9.80. The summed E-state index contributed by atoms with van der Waals surface area (Å²) in [6, 6.07) is 7.01. The first-order valence-corrected chi connectivity index (χ1v) is 8.34. The van der Waals surface area contributed by atoms with E-state index in [1.54, 1.807) is 0 Å². The van der Waals surface area contributed by atoms with Gasteiger partial charge in [-0.05, 0) is 55.3 Å². The average molecular weight is 289 g/mol. The van der Waals surface area contributed by atoms with E-state index in [0.29, 0.717) is 19.3 Å². The molecule has 0 amide bonds. The number of benzene rings is 1. The van der Waals surface area contributed by atoms with E-state index in [2.05, 4.69) is 31.3 Å². The molecule has 2 aliphatic rings. The molecule has 0 saturated heterocycles. The number of ether oxygens (including phenoxy) is 2. The molecule has 3 heteroatoms. The zero-order chi connectivity index (χ0) is 14.7. The Morgan fingerprint density at radius 3 is 2.76 bits per heavy atom. The lowest BCUT2D eigenvalue weighted by Crippen LogP contribution is -2.40. The zero-order valence-electron chi connectivity index (χ0n) is 13.2. The molecule has 1 aliphatic heterocycles. The summed E-state index contributed by atoms with van der Waals surface area (Å²) < 4.78 is 11.2. The van der Waals surface area contributed by atoms with Gasteiger partial charge in [-0.25, -0.2) is 0 Å². The Hall–Kier alpha value is -1.22. The molecule has 3 atom stereocenters. The molecule has 116 valence electrons. The van der Waals surface area contributed by atoms with Crippen LogP contribution in [0.3, 0.4) is 0 Å². The molecule has 1 N–H and O–H groups in total. The second kappa shape index (κ2) is 6.69. The summed E-state index contributed by atoms with van der Waals surface area (Å²) in [6.07, 6.45) is 5.13. The summed E-state index contributed by atoms with van der Waals surface area (Å²) in [7, 11) is 0. The van der Waals surface area contributed by atoms with Gasteiger partial charge in [0.2, 0.25) is 0 Å². The van der Waals surface area contributed by atoms with E-state index in [1.165, 1.54) is 24.8 Å². The fourth-order valence-corrected chi connectivity index (χ4v) is 3.46. The Kier molecular flexibility index (Phi) is 4.69. The third-order valence-corrected chi connectivity index (χ3v) is 4.88. The zero-order valence-corrected chi connectivity index (χ0v) is 13.2. The van der Waals surface area contributed by atoms with Crippen molar-refractivity contribution in [2.45, 2.75) is 45.6 Å². The fourth-order valence-electron chi connectivity index (χ4n) is 3.46. The Bertz CT molecular complexity index is 474. The van der Waals surface area contributed by atoms with Gasteiger partial charge in [-0.3, -0.25) is 0 Å². The molecule has 1 heterocycles. The predicted molar refractivity (Wildman–Crippen MR) is 85.1 cm³/mol. The molecule has 3 nitrogen and oxygen atoms in total. The summed E-state index contributed by atoms with van der Waals surface area (Å²) in [5.41, 5.74) is 1.32. The summed E-state index contributed by atoms with van der Waals surface area (Å²) in [5, 5.41) is 3.76. The summed E-state index contributed by atoms with van der Waals surface area (Å²) in [6.45, 7) is 7.12. The van der Waals surface area contributed by atoms with E-state index in [-0.39, 0.29) is 0 Å². The van der Waals surface area contributed by atoms with Crippen molar-refractivity contribution < 1.29 is 9.47 Å². The first-order valence-electron chi connectivity index (χ1n) is 8.34. The van der Waals surface area contributed by atoms with E-state index in [4.69, 9.17) is 9.47 Å². The van der Waals surface area contributed by atoms with E-state index < -0.39 is 0 Å².